The topological polar surface area (TPSA) is 55.6 Å². The second-order valence-electron chi connectivity index (χ2n) is 5.85. The van der Waals surface area contributed by atoms with E-state index in [0.717, 1.165) is 19.6 Å². The Labute approximate surface area is 110 Å². The standard InChI is InChI=1S/C14H26N2O2/c1-16(13-6-7-18-10-13)14(17)8-11-2-4-12(9-15)5-3-11/h11-13H,2-10,15H2,1H3. The molecule has 0 radical (unpaired) electrons. The predicted octanol–water partition coefficient (Wildman–Crippen LogP) is 1.39. The first-order valence-electron chi connectivity index (χ1n) is 7.24. The van der Waals surface area contributed by atoms with Crippen LogP contribution in [0.25, 0.3) is 0 Å². The molecule has 0 bridgehead atoms. The summed E-state index contributed by atoms with van der Waals surface area (Å²) in [5.74, 6) is 1.56. The molecule has 1 aliphatic heterocycles. The van der Waals surface area contributed by atoms with Crippen LogP contribution in [-0.2, 0) is 9.53 Å². The molecule has 18 heavy (non-hydrogen) atoms. The third-order valence-electron chi connectivity index (χ3n) is 4.61. The third-order valence-corrected chi connectivity index (χ3v) is 4.61. The second-order valence-corrected chi connectivity index (χ2v) is 5.85. The Bertz CT molecular complexity index is 269. The Balaban J connectivity index is 1.73. The maximum Gasteiger partial charge on any atom is 0.222 e. The van der Waals surface area contributed by atoms with E-state index in [1.807, 2.05) is 11.9 Å². The van der Waals surface area contributed by atoms with E-state index in [4.69, 9.17) is 10.5 Å². The van der Waals surface area contributed by atoms with Crippen LogP contribution in [0.15, 0.2) is 0 Å². The molecule has 0 aromatic heterocycles. The van der Waals surface area contributed by atoms with E-state index in [1.165, 1.54) is 25.7 Å². The molecular weight excluding hydrogens is 228 g/mol. The van der Waals surface area contributed by atoms with Crippen molar-refractivity contribution in [3.05, 3.63) is 0 Å². The van der Waals surface area contributed by atoms with Crippen LogP contribution in [0, 0.1) is 11.8 Å². The molecule has 0 aromatic carbocycles. The molecule has 4 nitrogen and oxygen atoms in total. The zero-order valence-corrected chi connectivity index (χ0v) is 11.4. The lowest BCUT2D eigenvalue weighted by atomic mass is 9.80. The smallest absolute Gasteiger partial charge is 0.222 e. The number of ether oxygens (including phenoxy) is 1. The molecule has 0 spiro atoms. The second kappa shape index (κ2) is 6.53. The van der Waals surface area contributed by atoms with Crippen molar-refractivity contribution in [3.63, 3.8) is 0 Å². The summed E-state index contributed by atoms with van der Waals surface area (Å²) in [5.41, 5.74) is 5.69. The summed E-state index contributed by atoms with van der Waals surface area (Å²) < 4.78 is 5.34. The fraction of sp³-hybridized carbons (Fsp3) is 0.929. The molecule has 1 amide bonds. The van der Waals surface area contributed by atoms with Gasteiger partial charge in [-0.05, 0) is 50.5 Å². The van der Waals surface area contributed by atoms with Gasteiger partial charge in [0.05, 0.1) is 12.6 Å². The van der Waals surface area contributed by atoms with Crippen molar-refractivity contribution in [2.75, 3.05) is 26.8 Å². The van der Waals surface area contributed by atoms with Crippen LogP contribution in [0.3, 0.4) is 0 Å². The number of nitrogens with zero attached hydrogens (tertiary/aromatic N) is 1. The number of hydrogen-bond donors (Lipinski definition) is 1. The highest BCUT2D eigenvalue weighted by Crippen LogP contribution is 2.30. The van der Waals surface area contributed by atoms with Gasteiger partial charge in [-0.1, -0.05) is 0 Å². The average molecular weight is 254 g/mol. The summed E-state index contributed by atoms with van der Waals surface area (Å²) in [5, 5.41) is 0. The lowest BCUT2D eigenvalue weighted by Crippen LogP contribution is -2.38. The van der Waals surface area contributed by atoms with Crippen LogP contribution >= 0.6 is 0 Å². The van der Waals surface area contributed by atoms with E-state index in [9.17, 15) is 4.79 Å². The lowest BCUT2D eigenvalue weighted by Gasteiger charge is -2.30. The fourth-order valence-corrected chi connectivity index (χ4v) is 3.09. The minimum absolute atomic E-state index is 0.293. The van der Waals surface area contributed by atoms with Crippen LogP contribution < -0.4 is 5.73 Å². The fourth-order valence-electron chi connectivity index (χ4n) is 3.09. The summed E-state index contributed by atoms with van der Waals surface area (Å²) >= 11 is 0. The van der Waals surface area contributed by atoms with E-state index < -0.39 is 0 Å². The van der Waals surface area contributed by atoms with Crippen molar-refractivity contribution in [2.45, 2.75) is 44.6 Å². The molecular formula is C14H26N2O2. The number of carbonyl (C=O) groups excluding carboxylic acids is 1. The van der Waals surface area contributed by atoms with Gasteiger partial charge in [0.15, 0.2) is 0 Å². The predicted molar refractivity (Wildman–Crippen MR) is 71.1 cm³/mol. The number of amides is 1. The van der Waals surface area contributed by atoms with E-state index in [0.29, 0.717) is 36.8 Å². The first-order chi connectivity index (χ1) is 8.70. The van der Waals surface area contributed by atoms with E-state index in [2.05, 4.69) is 0 Å². The first-order valence-corrected chi connectivity index (χ1v) is 7.24. The normalized spacial score (nSPS) is 32.4. The lowest BCUT2D eigenvalue weighted by molar-refractivity contribution is -0.133. The van der Waals surface area contributed by atoms with Gasteiger partial charge in [0.25, 0.3) is 0 Å². The molecule has 2 aliphatic rings. The van der Waals surface area contributed by atoms with Gasteiger partial charge >= 0.3 is 0 Å². The molecule has 1 saturated heterocycles. The van der Waals surface area contributed by atoms with Crippen molar-refractivity contribution in [1.82, 2.24) is 4.90 Å². The van der Waals surface area contributed by atoms with Crippen molar-refractivity contribution >= 4 is 5.91 Å². The van der Waals surface area contributed by atoms with Crippen molar-refractivity contribution in [3.8, 4) is 0 Å². The largest absolute Gasteiger partial charge is 0.379 e. The molecule has 4 heteroatoms. The molecule has 1 atom stereocenters. The highest BCUT2D eigenvalue weighted by atomic mass is 16.5. The Morgan fingerprint density at radius 1 is 1.22 bits per heavy atom. The van der Waals surface area contributed by atoms with Crippen molar-refractivity contribution in [1.29, 1.82) is 0 Å². The monoisotopic (exact) mass is 254 g/mol. The maximum atomic E-state index is 12.2. The highest BCUT2D eigenvalue weighted by molar-refractivity contribution is 5.76. The maximum absolute atomic E-state index is 12.2. The van der Waals surface area contributed by atoms with Crippen LogP contribution in [0.4, 0.5) is 0 Å². The SMILES string of the molecule is CN(C(=O)CC1CCC(CN)CC1)C1CCOC1. The highest BCUT2D eigenvalue weighted by Gasteiger charge is 2.27. The quantitative estimate of drug-likeness (QED) is 0.825. The minimum Gasteiger partial charge on any atom is -0.379 e. The van der Waals surface area contributed by atoms with Gasteiger partial charge in [0.2, 0.25) is 5.91 Å². The Morgan fingerprint density at radius 2 is 1.89 bits per heavy atom. The summed E-state index contributed by atoms with van der Waals surface area (Å²) in [4.78, 5) is 14.1. The molecule has 2 rings (SSSR count). The average Bonchev–Trinajstić information content (AvgIpc) is 2.92. The summed E-state index contributed by atoms with van der Waals surface area (Å²) in [6, 6.07) is 0.304. The molecule has 104 valence electrons. The number of carbonyl (C=O) groups is 1. The van der Waals surface area contributed by atoms with Gasteiger partial charge < -0.3 is 15.4 Å². The first kappa shape index (κ1) is 13.8. The molecule has 1 heterocycles. The van der Waals surface area contributed by atoms with Crippen LogP contribution in [-0.4, -0.2) is 43.7 Å². The van der Waals surface area contributed by atoms with Crippen molar-refractivity contribution in [2.24, 2.45) is 17.6 Å². The van der Waals surface area contributed by atoms with Gasteiger partial charge in [-0.3, -0.25) is 4.79 Å². The zero-order valence-electron chi connectivity index (χ0n) is 11.4. The number of hydrogen-bond acceptors (Lipinski definition) is 3. The summed E-state index contributed by atoms with van der Waals surface area (Å²) in [6.45, 7) is 2.31. The number of likely N-dealkylation sites (N-methyl/N-ethyl adjacent to an activating group) is 1. The minimum atomic E-state index is 0.293. The third kappa shape index (κ3) is 3.45. The molecule has 1 aliphatic carbocycles. The van der Waals surface area contributed by atoms with E-state index in [1.54, 1.807) is 0 Å². The van der Waals surface area contributed by atoms with Gasteiger partial charge in [0, 0.05) is 20.1 Å². The van der Waals surface area contributed by atoms with Gasteiger partial charge in [-0.25, -0.2) is 0 Å². The van der Waals surface area contributed by atoms with Gasteiger partial charge in [-0.2, -0.15) is 0 Å². The number of rotatable bonds is 4. The van der Waals surface area contributed by atoms with Crippen LogP contribution in [0.1, 0.15) is 38.5 Å². The van der Waals surface area contributed by atoms with Crippen LogP contribution in [0.2, 0.25) is 0 Å². The van der Waals surface area contributed by atoms with Gasteiger partial charge in [-0.15, -0.1) is 0 Å². The molecule has 2 N–H and O–H groups in total. The molecule has 1 saturated carbocycles. The van der Waals surface area contributed by atoms with E-state index in [-0.39, 0.29) is 0 Å². The van der Waals surface area contributed by atoms with Gasteiger partial charge in [0.1, 0.15) is 0 Å². The van der Waals surface area contributed by atoms with Crippen LogP contribution in [0.5, 0.6) is 0 Å². The Kier molecular flexibility index (Phi) is 5.01. The molecule has 1 unspecified atom stereocenters. The zero-order chi connectivity index (χ0) is 13.0. The molecule has 0 aromatic rings. The summed E-state index contributed by atoms with van der Waals surface area (Å²) in [7, 11) is 1.92. The van der Waals surface area contributed by atoms with Crippen molar-refractivity contribution < 1.29 is 9.53 Å². The Hall–Kier alpha value is -0.610. The Morgan fingerprint density at radius 3 is 2.44 bits per heavy atom. The summed E-state index contributed by atoms with van der Waals surface area (Å²) in [6.07, 6.45) is 6.44. The molecule has 2 fully saturated rings. The van der Waals surface area contributed by atoms with E-state index >= 15 is 0 Å². The number of nitrogens with two attached hydrogens (primary N) is 1.